The second-order valence-electron chi connectivity index (χ2n) is 18.7. The average Bonchev–Trinajstić information content (AvgIpc) is 3.94. The molecule has 0 aliphatic heterocycles. The minimum atomic E-state index is -4.74. The fraction of sp³-hybridized carbons (Fsp3) is 0.155. The summed E-state index contributed by atoms with van der Waals surface area (Å²) in [5.41, 5.74) is 5.83. The monoisotopic (exact) mass is 1010 g/mol. The van der Waals surface area contributed by atoms with Gasteiger partial charge < -0.3 is 9.13 Å². The lowest BCUT2D eigenvalue weighted by Gasteiger charge is -2.21. The van der Waals surface area contributed by atoms with E-state index in [1.807, 2.05) is 133 Å². The van der Waals surface area contributed by atoms with Crippen LogP contribution in [0.4, 0.5) is 13.2 Å². The fourth-order valence-electron chi connectivity index (χ4n) is 10.3. The zero-order chi connectivity index (χ0) is 52.9. The van der Waals surface area contributed by atoms with Gasteiger partial charge in [0.1, 0.15) is 46.6 Å². The summed E-state index contributed by atoms with van der Waals surface area (Å²) in [4.78, 5) is 55.3. The van der Waals surface area contributed by atoms with Gasteiger partial charge in [0.05, 0.1) is 50.6 Å². The first-order valence-corrected chi connectivity index (χ1v) is 24.2. The molecule has 0 radical (unpaired) electrons. The van der Waals surface area contributed by atoms with E-state index in [-0.39, 0.29) is 16.7 Å². The average molecular weight is 1010 g/mol. The van der Waals surface area contributed by atoms with Crippen molar-refractivity contribution in [2.24, 2.45) is 0 Å². The summed E-state index contributed by atoms with van der Waals surface area (Å²) < 4.78 is 49.4. The van der Waals surface area contributed by atoms with Crippen LogP contribution in [0.15, 0.2) is 109 Å². The molecule has 12 aromatic rings. The third kappa shape index (κ3) is 8.18. The van der Waals surface area contributed by atoms with Gasteiger partial charge in [0.15, 0.2) is 23.3 Å². The molecule has 0 N–H and O–H groups in total. The van der Waals surface area contributed by atoms with Crippen LogP contribution in [0.3, 0.4) is 0 Å². The smallest absolute Gasteiger partial charge is 0.307 e. The number of hydrogen-bond acceptors (Lipinski definition) is 13. The maximum atomic E-state index is 15.1. The van der Waals surface area contributed by atoms with E-state index < -0.39 is 11.7 Å². The van der Waals surface area contributed by atoms with Crippen molar-refractivity contribution in [2.45, 2.75) is 61.6 Å². The number of rotatable bonds is 7. The third-order valence-corrected chi connectivity index (χ3v) is 13.2. The molecule has 12 rings (SSSR count). The van der Waals surface area contributed by atoms with Crippen LogP contribution in [0.25, 0.3) is 112 Å². The molecule has 0 aliphatic rings. The molecule has 0 aliphatic carbocycles. The van der Waals surface area contributed by atoms with E-state index in [1.165, 1.54) is 12.1 Å². The van der Waals surface area contributed by atoms with Crippen LogP contribution in [0.1, 0.15) is 57.7 Å². The van der Waals surface area contributed by atoms with Crippen LogP contribution in [0.2, 0.25) is 0 Å². The van der Waals surface area contributed by atoms with Gasteiger partial charge in [-0.3, -0.25) is 0 Å². The van der Waals surface area contributed by atoms with Gasteiger partial charge in [0, 0.05) is 49.4 Å². The van der Waals surface area contributed by atoms with Gasteiger partial charge in [-0.25, -0.2) is 59.8 Å². The molecule has 6 heterocycles. The summed E-state index contributed by atoms with van der Waals surface area (Å²) in [7, 11) is 0. The van der Waals surface area contributed by atoms with Crippen molar-refractivity contribution in [3.8, 4) is 74.1 Å². The minimum absolute atomic E-state index is 0.0254. The summed E-state index contributed by atoms with van der Waals surface area (Å²) in [5, 5.41) is 14.3. The zero-order valence-electron chi connectivity index (χ0n) is 42.2. The predicted octanol–water partition coefficient (Wildman–Crippen LogP) is 12.3. The number of hydrogen-bond donors (Lipinski definition) is 0. The van der Waals surface area contributed by atoms with Gasteiger partial charge in [0.25, 0.3) is 0 Å². The van der Waals surface area contributed by atoms with Crippen molar-refractivity contribution in [1.29, 1.82) is 5.26 Å². The van der Waals surface area contributed by atoms with Gasteiger partial charge in [-0.1, -0.05) is 18.2 Å². The quantitative estimate of drug-likeness (QED) is 0.147. The molecule has 0 atom stereocenters. The van der Waals surface area contributed by atoms with Gasteiger partial charge in [0.2, 0.25) is 0 Å². The van der Waals surface area contributed by atoms with Crippen molar-refractivity contribution in [2.75, 3.05) is 0 Å². The molecule has 6 aromatic heterocycles. The Morgan fingerprint density at radius 1 is 0.368 bits per heavy atom. The van der Waals surface area contributed by atoms with E-state index in [0.29, 0.717) is 92.3 Å². The number of alkyl halides is 3. The number of halogens is 3. The first-order chi connectivity index (χ1) is 36.5. The summed E-state index contributed by atoms with van der Waals surface area (Å²) in [6.45, 7) is 14.5. The molecule has 0 spiro atoms. The first kappa shape index (κ1) is 47.3. The number of nitriles is 1. The van der Waals surface area contributed by atoms with Crippen LogP contribution in [0.5, 0.6) is 0 Å². The van der Waals surface area contributed by atoms with E-state index in [1.54, 1.807) is 18.2 Å². The molecule has 6 aromatic carbocycles. The number of aryl methyl sites for hydroxylation is 8. The van der Waals surface area contributed by atoms with Crippen molar-refractivity contribution < 1.29 is 13.2 Å². The highest BCUT2D eigenvalue weighted by molar-refractivity contribution is 6.14. The van der Waals surface area contributed by atoms with E-state index in [9.17, 15) is 5.26 Å². The highest BCUT2D eigenvalue weighted by Gasteiger charge is 2.35. The van der Waals surface area contributed by atoms with E-state index in [4.69, 9.17) is 39.9 Å². The summed E-state index contributed by atoms with van der Waals surface area (Å²) in [5.74, 6) is 6.43. The number of nitrogens with zero attached hydrogens (tertiary/aromatic N) is 15. The molecule has 76 heavy (non-hydrogen) atoms. The van der Waals surface area contributed by atoms with Crippen LogP contribution in [0, 0.1) is 66.7 Å². The molecule has 0 bridgehead atoms. The molecule has 0 fully saturated rings. The van der Waals surface area contributed by atoms with Crippen molar-refractivity contribution >= 4 is 43.6 Å². The Labute approximate surface area is 432 Å². The second-order valence-corrected chi connectivity index (χ2v) is 18.7. The summed E-state index contributed by atoms with van der Waals surface area (Å²) in [6, 6.07) is 34.7. The van der Waals surface area contributed by atoms with Gasteiger partial charge in [-0.05, 0) is 152 Å². The van der Waals surface area contributed by atoms with Crippen LogP contribution in [-0.2, 0) is 6.18 Å². The topological polar surface area (TPSA) is 188 Å². The molecule has 0 saturated heterocycles. The SMILES string of the molecule is Cc1nc(C)nc(-c2ccc3c(c2)c2cc(-c4nc(C)nc(C)n4)ccc2n3-c2cc(C#N)c(-c3ccccc3C(F)(F)F)cc2-n2c3ccc(-c4nc(C)nc(C)n4)cc3c3cc(-c4nc(C)nc(C)n4)ccc32)n1. The molecule has 370 valence electrons. The molecule has 0 amide bonds. The highest BCUT2D eigenvalue weighted by atomic mass is 19.4. The second kappa shape index (κ2) is 17.7. The Morgan fingerprint density at radius 2 is 0.671 bits per heavy atom. The Kier molecular flexibility index (Phi) is 11.0. The van der Waals surface area contributed by atoms with Crippen LogP contribution in [-0.4, -0.2) is 68.9 Å². The number of benzene rings is 6. The number of fused-ring (bicyclic) bond motifs is 6. The molecule has 15 nitrogen and oxygen atoms in total. The van der Waals surface area contributed by atoms with E-state index in [0.717, 1.165) is 60.9 Å². The largest absolute Gasteiger partial charge is 0.417 e. The standard InChI is InChI=1S/C58H42F3N15/c1-28-63-29(2)68-54(67-28)36-13-17-48-43(21-36)44-22-37(55-69-30(3)64-31(4)70-55)14-18-49(44)75(48)52-25-40(27-62)42(41-11-9-10-12-47(41)58(59,60)61)26-53(52)76-50-19-15-38(56-71-32(5)65-33(6)72-56)23-45(50)46-24-39(16-20-51(46)76)57-73-34(7)66-35(8)74-57/h9-26H,1-8H3. The lowest BCUT2D eigenvalue weighted by molar-refractivity contribution is -0.137. The molecular weight excluding hydrogens is 964 g/mol. The first-order valence-electron chi connectivity index (χ1n) is 24.2. The van der Waals surface area contributed by atoms with Gasteiger partial charge in [-0.2, -0.15) is 18.4 Å². The highest BCUT2D eigenvalue weighted by Crippen LogP contribution is 2.45. The minimum Gasteiger partial charge on any atom is -0.307 e. The lowest BCUT2D eigenvalue weighted by Crippen LogP contribution is -2.09. The van der Waals surface area contributed by atoms with Gasteiger partial charge >= 0.3 is 6.18 Å². The summed E-state index contributed by atoms with van der Waals surface area (Å²) >= 11 is 0. The Bertz CT molecular complexity index is 4180. The van der Waals surface area contributed by atoms with Gasteiger partial charge in [-0.15, -0.1) is 0 Å². The van der Waals surface area contributed by atoms with Crippen molar-refractivity contribution in [1.82, 2.24) is 68.9 Å². The molecule has 0 unspecified atom stereocenters. The Morgan fingerprint density at radius 3 is 0.974 bits per heavy atom. The maximum absolute atomic E-state index is 15.1. The lowest BCUT2D eigenvalue weighted by atomic mass is 9.94. The molecule has 0 saturated carbocycles. The summed E-state index contributed by atoms with van der Waals surface area (Å²) in [6.07, 6.45) is -4.74. The predicted molar refractivity (Wildman–Crippen MR) is 283 cm³/mol. The molecular formula is C58H42F3N15. The van der Waals surface area contributed by atoms with Crippen molar-refractivity contribution in [3.05, 3.63) is 167 Å². The van der Waals surface area contributed by atoms with E-state index in [2.05, 4.69) is 30.6 Å². The maximum Gasteiger partial charge on any atom is 0.417 e. The fourth-order valence-corrected chi connectivity index (χ4v) is 10.3. The normalized spacial score (nSPS) is 11.9. The van der Waals surface area contributed by atoms with Crippen LogP contribution >= 0.6 is 0 Å². The van der Waals surface area contributed by atoms with Crippen molar-refractivity contribution in [3.63, 3.8) is 0 Å². The zero-order valence-corrected chi connectivity index (χ0v) is 42.2. The van der Waals surface area contributed by atoms with Crippen LogP contribution < -0.4 is 0 Å². The van der Waals surface area contributed by atoms with E-state index >= 15 is 13.2 Å². The Balaban J connectivity index is 1.22. The third-order valence-electron chi connectivity index (χ3n) is 13.2. The number of aromatic nitrogens is 14. The Hall–Kier alpha value is -9.76. The molecule has 18 heteroatoms.